The summed E-state index contributed by atoms with van der Waals surface area (Å²) in [6.45, 7) is 4.67. The van der Waals surface area contributed by atoms with Gasteiger partial charge in [-0.2, -0.15) is 0 Å². The van der Waals surface area contributed by atoms with Gasteiger partial charge in [-0.05, 0) is 31.2 Å². The lowest BCUT2D eigenvalue weighted by Gasteiger charge is -2.25. The van der Waals surface area contributed by atoms with Crippen LogP contribution in [0.1, 0.15) is 26.2 Å². The minimum absolute atomic E-state index is 0.112. The van der Waals surface area contributed by atoms with Crippen molar-refractivity contribution in [2.24, 2.45) is 0 Å². The number of carbonyl (C=O) groups excluding carboxylic acids is 1. The van der Waals surface area contributed by atoms with Crippen LogP contribution in [0.3, 0.4) is 0 Å². The lowest BCUT2D eigenvalue weighted by Crippen LogP contribution is -2.32. The predicted molar refractivity (Wildman–Crippen MR) is 96.4 cm³/mol. The third-order valence-corrected chi connectivity index (χ3v) is 4.51. The minimum Gasteiger partial charge on any atom is -0.381 e. The summed E-state index contributed by atoms with van der Waals surface area (Å²) in [5.41, 5.74) is 0.978. The zero-order chi connectivity index (χ0) is 16.8. The molecule has 24 heavy (non-hydrogen) atoms. The van der Waals surface area contributed by atoms with Crippen molar-refractivity contribution in [3.05, 3.63) is 42.5 Å². The predicted octanol–water partition coefficient (Wildman–Crippen LogP) is 3.78. The van der Waals surface area contributed by atoms with Crippen LogP contribution >= 0.6 is 0 Å². The van der Waals surface area contributed by atoms with Crippen molar-refractivity contribution >= 4 is 22.4 Å². The normalized spacial score (nSPS) is 15.5. The Balaban J connectivity index is 1.65. The van der Waals surface area contributed by atoms with E-state index in [0.717, 1.165) is 42.5 Å². The van der Waals surface area contributed by atoms with Crippen LogP contribution in [-0.2, 0) is 14.3 Å². The third-order valence-electron chi connectivity index (χ3n) is 4.51. The molecule has 0 spiro atoms. The second-order valence-electron chi connectivity index (χ2n) is 6.07. The van der Waals surface area contributed by atoms with Gasteiger partial charge in [-0.25, -0.2) is 0 Å². The van der Waals surface area contributed by atoms with Crippen molar-refractivity contribution in [3.63, 3.8) is 0 Å². The Labute approximate surface area is 143 Å². The molecule has 1 amide bonds. The fourth-order valence-corrected chi connectivity index (χ4v) is 3.22. The number of fused-ring (bicyclic) bond motifs is 1. The molecule has 3 rings (SSSR count). The first-order chi connectivity index (χ1) is 11.8. The summed E-state index contributed by atoms with van der Waals surface area (Å²) in [6.07, 6.45) is 2.50. The Morgan fingerprint density at radius 3 is 2.71 bits per heavy atom. The molecule has 0 saturated carbocycles. The maximum atomic E-state index is 12.7. The molecule has 1 aliphatic heterocycles. The molecule has 0 radical (unpaired) electrons. The van der Waals surface area contributed by atoms with Gasteiger partial charge < -0.3 is 14.4 Å². The van der Waals surface area contributed by atoms with Gasteiger partial charge in [-0.3, -0.25) is 4.79 Å². The van der Waals surface area contributed by atoms with Crippen LogP contribution < -0.4 is 4.90 Å². The topological polar surface area (TPSA) is 38.8 Å². The van der Waals surface area contributed by atoms with Crippen LogP contribution in [-0.4, -0.2) is 38.4 Å². The summed E-state index contributed by atoms with van der Waals surface area (Å²) in [5.74, 6) is 0.112. The van der Waals surface area contributed by atoms with Crippen LogP contribution in [0, 0.1) is 0 Å². The number of benzene rings is 2. The van der Waals surface area contributed by atoms with E-state index < -0.39 is 0 Å². The van der Waals surface area contributed by atoms with Crippen LogP contribution in [0.5, 0.6) is 0 Å². The van der Waals surface area contributed by atoms with Gasteiger partial charge in [0.2, 0.25) is 5.91 Å². The number of ether oxygens (including phenoxy) is 2. The van der Waals surface area contributed by atoms with E-state index in [2.05, 4.69) is 18.2 Å². The fraction of sp³-hybridized carbons (Fsp3) is 0.450. The van der Waals surface area contributed by atoms with Gasteiger partial charge in [-0.15, -0.1) is 0 Å². The summed E-state index contributed by atoms with van der Waals surface area (Å²) in [6, 6.07) is 14.3. The van der Waals surface area contributed by atoms with Crippen LogP contribution in [0.15, 0.2) is 42.5 Å². The van der Waals surface area contributed by atoms with E-state index in [-0.39, 0.29) is 12.0 Å². The SMILES string of the molecule is CCN(C(=O)CCOC1CCOCC1)c1cccc2ccccc12. The van der Waals surface area contributed by atoms with Crippen molar-refractivity contribution < 1.29 is 14.3 Å². The molecular formula is C20H25NO3. The van der Waals surface area contributed by atoms with E-state index in [1.54, 1.807) is 0 Å². The first-order valence-electron chi connectivity index (χ1n) is 8.77. The molecule has 0 atom stereocenters. The maximum Gasteiger partial charge on any atom is 0.229 e. The van der Waals surface area contributed by atoms with E-state index in [1.165, 1.54) is 0 Å². The van der Waals surface area contributed by atoms with Gasteiger partial charge in [0.15, 0.2) is 0 Å². The highest BCUT2D eigenvalue weighted by Gasteiger charge is 2.18. The Hall–Kier alpha value is -1.91. The monoisotopic (exact) mass is 327 g/mol. The van der Waals surface area contributed by atoms with Gasteiger partial charge in [0, 0.05) is 25.1 Å². The third kappa shape index (κ3) is 3.94. The Morgan fingerprint density at radius 2 is 1.92 bits per heavy atom. The first-order valence-corrected chi connectivity index (χ1v) is 8.77. The summed E-state index contributed by atoms with van der Waals surface area (Å²) in [5, 5.41) is 2.26. The standard InChI is InChI=1S/C20H25NO3/c1-2-21(19-9-5-7-16-6-3-4-8-18(16)19)20(22)12-15-24-17-10-13-23-14-11-17/h3-9,17H,2,10-15H2,1H3. The smallest absolute Gasteiger partial charge is 0.229 e. The van der Waals surface area contributed by atoms with Gasteiger partial charge in [0.25, 0.3) is 0 Å². The van der Waals surface area contributed by atoms with Gasteiger partial charge in [-0.1, -0.05) is 36.4 Å². The lowest BCUT2D eigenvalue weighted by molar-refractivity contribution is -0.120. The largest absolute Gasteiger partial charge is 0.381 e. The van der Waals surface area contributed by atoms with Crippen molar-refractivity contribution in [1.29, 1.82) is 0 Å². The number of rotatable bonds is 6. The Kier molecular flexibility index (Phi) is 5.83. The zero-order valence-electron chi connectivity index (χ0n) is 14.2. The average molecular weight is 327 g/mol. The second-order valence-corrected chi connectivity index (χ2v) is 6.07. The molecule has 2 aromatic carbocycles. The maximum absolute atomic E-state index is 12.7. The molecule has 0 N–H and O–H groups in total. The first kappa shape index (κ1) is 16.9. The minimum atomic E-state index is 0.112. The molecule has 1 aliphatic rings. The van der Waals surface area contributed by atoms with E-state index in [4.69, 9.17) is 9.47 Å². The van der Waals surface area contributed by atoms with Crippen LogP contribution in [0.25, 0.3) is 10.8 Å². The van der Waals surface area contributed by atoms with E-state index in [0.29, 0.717) is 19.6 Å². The number of carbonyl (C=O) groups is 1. The zero-order valence-corrected chi connectivity index (χ0v) is 14.2. The summed E-state index contributed by atoms with van der Waals surface area (Å²) < 4.78 is 11.2. The number of anilines is 1. The quantitative estimate of drug-likeness (QED) is 0.810. The molecular weight excluding hydrogens is 302 g/mol. The van der Waals surface area contributed by atoms with Crippen molar-refractivity contribution in [2.75, 3.05) is 31.3 Å². The van der Waals surface area contributed by atoms with E-state index in [9.17, 15) is 4.79 Å². The van der Waals surface area contributed by atoms with Crippen molar-refractivity contribution in [1.82, 2.24) is 0 Å². The number of hydrogen-bond acceptors (Lipinski definition) is 3. The van der Waals surface area contributed by atoms with Crippen molar-refractivity contribution in [3.8, 4) is 0 Å². The molecule has 2 aromatic rings. The highest BCUT2D eigenvalue weighted by atomic mass is 16.5. The van der Waals surface area contributed by atoms with Crippen LogP contribution in [0.4, 0.5) is 5.69 Å². The molecule has 4 nitrogen and oxygen atoms in total. The molecule has 1 heterocycles. The summed E-state index contributed by atoms with van der Waals surface area (Å²) in [4.78, 5) is 14.5. The van der Waals surface area contributed by atoms with Gasteiger partial charge >= 0.3 is 0 Å². The average Bonchev–Trinajstić information content (AvgIpc) is 2.63. The highest BCUT2D eigenvalue weighted by Crippen LogP contribution is 2.27. The molecule has 0 bridgehead atoms. The second kappa shape index (κ2) is 8.27. The number of amides is 1. The van der Waals surface area contributed by atoms with Crippen molar-refractivity contribution in [2.45, 2.75) is 32.3 Å². The lowest BCUT2D eigenvalue weighted by atomic mass is 10.1. The Bertz CT molecular complexity index is 674. The Morgan fingerprint density at radius 1 is 1.17 bits per heavy atom. The molecule has 128 valence electrons. The van der Waals surface area contributed by atoms with Gasteiger partial charge in [0.05, 0.1) is 24.8 Å². The van der Waals surface area contributed by atoms with E-state index >= 15 is 0 Å². The molecule has 1 fully saturated rings. The van der Waals surface area contributed by atoms with Gasteiger partial charge in [0.1, 0.15) is 0 Å². The van der Waals surface area contributed by atoms with Crippen LogP contribution in [0.2, 0.25) is 0 Å². The summed E-state index contributed by atoms with van der Waals surface area (Å²) >= 11 is 0. The fourth-order valence-electron chi connectivity index (χ4n) is 3.22. The molecule has 0 aliphatic carbocycles. The molecule has 0 unspecified atom stereocenters. The molecule has 0 aromatic heterocycles. The highest BCUT2D eigenvalue weighted by molar-refractivity contribution is 6.03. The molecule has 1 saturated heterocycles. The number of hydrogen-bond donors (Lipinski definition) is 0. The van der Waals surface area contributed by atoms with E-state index in [1.807, 2.05) is 36.1 Å². The molecule has 4 heteroatoms. The number of nitrogens with zero attached hydrogens (tertiary/aromatic N) is 1. The summed E-state index contributed by atoms with van der Waals surface area (Å²) in [7, 11) is 0.